The number of imide groups is 1. The second-order valence-electron chi connectivity index (χ2n) is 7.32. The lowest BCUT2D eigenvalue weighted by Gasteiger charge is -2.22. The van der Waals surface area contributed by atoms with Gasteiger partial charge in [0.05, 0.1) is 10.6 Å². The largest absolute Gasteiger partial charge is 0.377 e. The number of benzene rings is 1. The fraction of sp³-hybridized carbons (Fsp3) is 0.579. The van der Waals surface area contributed by atoms with Crippen LogP contribution >= 0.6 is 0 Å². The molecule has 1 N–H and O–H groups in total. The van der Waals surface area contributed by atoms with Gasteiger partial charge in [0.25, 0.3) is 5.69 Å². The topological polar surface area (TPSA) is 92.6 Å². The lowest BCUT2D eigenvalue weighted by atomic mass is 9.96. The molecule has 1 aromatic rings. The van der Waals surface area contributed by atoms with E-state index in [0.29, 0.717) is 5.69 Å². The van der Waals surface area contributed by atoms with Gasteiger partial charge in [-0.1, -0.05) is 39.0 Å². The average Bonchev–Trinajstić information content (AvgIpc) is 2.82. The number of hydrogen-bond donors (Lipinski definition) is 1. The highest BCUT2D eigenvalue weighted by atomic mass is 16.6. The number of nitro benzene ring substituents is 1. The van der Waals surface area contributed by atoms with Crippen LogP contribution in [0.4, 0.5) is 17.1 Å². The average molecular weight is 359 g/mol. The van der Waals surface area contributed by atoms with Crippen molar-refractivity contribution in [2.45, 2.75) is 64.3 Å². The van der Waals surface area contributed by atoms with Crippen molar-refractivity contribution in [3.05, 3.63) is 28.3 Å². The second kappa shape index (κ2) is 7.85. The Hall–Kier alpha value is -2.44. The summed E-state index contributed by atoms with van der Waals surface area (Å²) < 4.78 is 0. The number of nitro groups is 1. The molecule has 3 rings (SSSR count). The van der Waals surface area contributed by atoms with Crippen molar-refractivity contribution in [1.29, 1.82) is 0 Å². The minimum atomic E-state index is -0.455. The van der Waals surface area contributed by atoms with Crippen molar-refractivity contribution in [1.82, 2.24) is 0 Å². The van der Waals surface area contributed by atoms with Crippen LogP contribution < -0.4 is 10.2 Å². The third-order valence-electron chi connectivity index (χ3n) is 5.27. The standard InChI is InChI=1S/C19H25N3O4/c1-13-11-18(23)21(19(13)24)15-9-10-16(17(12-15)22(25)26)20-14-7-5-3-2-4-6-8-14/h9-10,12-14,20H,2-8,11H2,1H3/t13-/m1/s1. The Labute approximate surface area is 152 Å². The Morgan fingerprint density at radius 3 is 2.35 bits per heavy atom. The lowest BCUT2D eigenvalue weighted by molar-refractivity contribution is -0.383. The van der Waals surface area contributed by atoms with E-state index < -0.39 is 4.92 Å². The fourth-order valence-electron chi connectivity index (χ4n) is 3.81. The van der Waals surface area contributed by atoms with Gasteiger partial charge in [-0.3, -0.25) is 24.6 Å². The van der Waals surface area contributed by atoms with E-state index in [-0.39, 0.29) is 41.6 Å². The maximum Gasteiger partial charge on any atom is 0.294 e. The molecule has 1 saturated carbocycles. The highest BCUT2D eigenvalue weighted by Crippen LogP contribution is 2.34. The van der Waals surface area contributed by atoms with E-state index in [2.05, 4.69) is 5.32 Å². The molecule has 1 aromatic carbocycles. The molecule has 1 saturated heterocycles. The van der Waals surface area contributed by atoms with Crippen LogP contribution in [0.2, 0.25) is 0 Å². The zero-order chi connectivity index (χ0) is 18.7. The highest BCUT2D eigenvalue weighted by Gasteiger charge is 2.37. The van der Waals surface area contributed by atoms with E-state index in [4.69, 9.17) is 0 Å². The smallest absolute Gasteiger partial charge is 0.294 e. The molecule has 26 heavy (non-hydrogen) atoms. The first-order valence-corrected chi connectivity index (χ1v) is 9.39. The van der Waals surface area contributed by atoms with Gasteiger partial charge in [-0.25, -0.2) is 0 Å². The van der Waals surface area contributed by atoms with Crippen molar-refractivity contribution in [3.63, 3.8) is 0 Å². The van der Waals surface area contributed by atoms with Gasteiger partial charge in [0, 0.05) is 24.4 Å². The molecule has 1 atom stereocenters. The van der Waals surface area contributed by atoms with Crippen LogP contribution in [0.5, 0.6) is 0 Å². The van der Waals surface area contributed by atoms with Gasteiger partial charge < -0.3 is 5.32 Å². The number of rotatable bonds is 4. The summed E-state index contributed by atoms with van der Waals surface area (Å²) in [6, 6.07) is 4.79. The van der Waals surface area contributed by atoms with Crippen LogP contribution in [-0.2, 0) is 9.59 Å². The van der Waals surface area contributed by atoms with E-state index in [1.165, 1.54) is 25.3 Å². The quantitative estimate of drug-likeness (QED) is 0.498. The monoisotopic (exact) mass is 359 g/mol. The molecule has 1 heterocycles. The molecular formula is C19H25N3O4. The van der Waals surface area contributed by atoms with Gasteiger partial charge in [-0.15, -0.1) is 0 Å². The Morgan fingerprint density at radius 2 is 1.77 bits per heavy atom. The van der Waals surface area contributed by atoms with Crippen molar-refractivity contribution in [2.24, 2.45) is 5.92 Å². The third-order valence-corrected chi connectivity index (χ3v) is 5.27. The summed E-state index contributed by atoms with van der Waals surface area (Å²) in [6.45, 7) is 1.69. The van der Waals surface area contributed by atoms with Crippen molar-refractivity contribution in [3.8, 4) is 0 Å². The molecule has 7 nitrogen and oxygen atoms in total. The first-order valence-electron chi connectivity index (χ1n) is 9.39. The summed E-state index contributed by atoms with van der Waals surface area (Å²) in [7, 11) is 0. The summed E-state index contributed by atoms with van der Waals surface area (Å²) in [5, 5.41) is 14.9. The normalized spacial score (nSPS) is 22.2. The Balaban J connectivity index is 1.84. The number of anilines is 2. The maximum absolute atomic E-state index is 12.2. The minimum Gasteiger partial charge on any atom is -0.377 e. The van der Waals surface area contributed by atoms with Gasteiger partial charge in [0.1, 0.15) is 5.69 Å². The molecule has 140 valence electrons. The van der Waals surface area contributed by atoms with Crippen LogP contribution in [0, 0.1) is 16.0 Å². The van der Waals surface area contributed by atoms with Crippen LogP contribution in [0.3, 0.4) is 0 Å². The zero-order valence-electron chi connectivity index (χ0n) is 15.1. The first-order chi connectivity index (χ1) is 12.5. The number of nitrogens with one attached hydrogen (secondary N) is 1. The minimum absolute atomic E-state index is 0.0929. The van der Waals surface area contributed by atoms with E-state index in [1.54, 1.807) is 19.1 Å². The lowest BCUT2D eigenvalue weighted by Crippen LogP contribution is -2.30. The molecule has 1 aliphatic heterocycles. The van der Waals surface area contributed by atoms with Gasteiger partial charge >= 0.3 is 0 Å². The van der Waals surface area contributed by atoms with Crippen molar-refractivity contribution >= 4 is 28.9 Å². The fourth-order valence-corrected chi connectivity index (χ4v) is 3.81. The highest BCUT2D eigenvalue weighted by molar-refractivity contribution is 6.21. The summed E-state index contributed by atoms with van der Waals surface area (Å²) in [6.07, 6.45) is 8.06. The van der Waals surface area contributed by atoms with Crippen LogP contribution in [0.15, 0.2) is 18.2 Å². The molecule has 2 fully saturated rings. The number of hydrogen-bond acceptors (Lipinski definition) is 5. The number of amides is 2. The van der Waals surface area contributed by atoms with E-state index >= 15 is 0 Å². The van der Waals surface area contributed by atoms with E-state index in [9.17, 15) is 19.7 Å². The molecule has 0 bridgehead atoms. The molecule has 7 heteroatoms. The molecule has 2 amide bonds. The van der Waals surface area contributed by atoms with Gasteiger partial charge in [-0.2, -0.15) is 0 Å². The van der Waals surface area contributed by atoms with Crippen LogP contribution in [-0.4, -0.2) is 22.8 Å². The summed E-state index contributed by atoms with van der Waals surface area (Å²) in [5.74, 6) is -0.989. The van der Waals surface area contributed by atoms with Crippen molar-refractivity contribution < 1.29 is 14.5 Å². The third kappa shape index (κ3) is 3.86. The maximum atomic E-state index is 12.2. The summed E-state index contributed by atoms with van der Waals surface area (Å²) in [5.41, 5.74) is 0.639. The van der Waals surface area contributed by atoms with E-state index in [0.717, 1.165) is 30.6 Å². The predicted molar refractivity (Wildman–Crippen MR) is 99.1 cm³/mol. The first kappa shape index (κ1) is 18.4. The Kier molecular flexibility index (Phi) is 5.54. The van der Waals surface area contributed by atoms with Gasteiger partial charge in [-0.05, 0) is 25.0 Å². The molecule has 0 unspecified atom stereocenters. The number of carbonyl (C=O) groups is 2. The van der Waals surface area contributed by atoms with Gasteiger partial charge in [0.2, 0.25) is 11.8 Å². The second-order valence-corrected chi connectivity index (χ2v) is 7.32. The molecule has 0 spiro atoms. The number of nitrogens with zero attached hydrogens (tertiary/aromatic N) is 2. The van der Waals surface area contributed by atoms with Crippen molar-refractivity contribution in [2.75, 3.05) is 10.2 Å². The molecular weight excluding hydrogens is 334 g/mol. The van der Waals surface area contributed by atoms with E-state index in [1.807, 2.05) is 0 Å². The van der Waals surface area contributed by atoms with Crippen LogP contribution in [0.25, 0.3) is 0 Å². The van der Waals surface area contributed by atoms with Crippen LogP contribution in [0.1, 0.15) is 58.3 Å². The Morgan fingerprint density at radius 1 is 1.12 bits per heavy atom. The molecule has 2 aliphatic rings. The summed E-state index contributed by atoms with van der Waals surface area (Å²) >= 11 is 0. The SMILES string of the molecule is C[C@@H]1CC(=O)N(c2ccc(NC3CCCCCCC3)c([N+](=O)[O-])c2)C1=O. The Bertz CT molecular complexity index is 711. The predicted octanol–water partition coefficient (Wildman–Crippen LogP) is 4.02. The zero-order valence-corrected chi connectivity index (χ0v) is 15.1. The number of carbonyl (C=O) groups excluding carboxylic acids is 2. The molecule has 1 aliphatic carbocycles. The van der Waals surface area contributed by atoms with Gasteiger partial charge in [0.15, 0.2) is 0 Å². The molecule has 0 aromatic heterocycles. The summed E-state index contributed by atoms with van der Waals surface area (Å²) in [4.78, 5) is 36.4. The molecule has 0 radical (unpaired) electrons.